The summed E-state index contributed by atoms with van der Waals surface area (Å²) in [6, 6.07) is 0. The number of hydrogen-bond donors (Lipinski definition) is 0. The fraction of sp³-hybridized carbons (Fsp3) is 1.00. The Kier molecular flexibility index (Phi) is 8.65. The average molecular weight is 356 g/mol. The van der Waals surface area contributed by atoms with Gasteiger partial charge in [-0.15, -0.1) is 0 Å². The average Bonchev–Trinajstić information content (AvgIpc) is 1.80. The lowest BCUT2D eigenvalue weighted by Gasteiger charge is -1.97. The van der Waals surface area contributed by atoms with Crippen molar-refractivity contribution in [1.29, 1.82) is 0 Å². The molecule has 56 valence electrons. The smallest absolute Gasteiger partial charge is 0.151 e. The fourth-order valence-corrected chi connectivity index (χ4v) is 1.55. The van der Waals surface area contributed by atoms with Crippen LogP contribution in [0.5, 0.6) is 0 Å². The van der Waals surface area contributed by atoms with E-state index in [0.29, 0.717) is 0 Å². The first-order chi connectivity index (χ1) is 4.27. The zero-order valence-electron chi connectivity index (χ0n) is 5.25. The van der Waals surface area contributed by atoms with Crippen LogP contribution in [0.15, 0.2) is 0 Å². The van der Waals surface area contributed by atoms with Crippen LogP contribution < -0.4 is 0 Å². The van der Waals surface area contributed by atoms with E-state index in [0.717, 1.165) is 12.8 Å². The van der Waals surface area contributed by atoms with Crippen LogP contribution in [-0.2, 0) is 0 Å². The molecule has 0 bridgehead atoms. The summed E-state index contributed by atoms with van der Waals surface area (Å²) in [6.45, 7) is 0. The molecule has 0 aliphatic carbocycles. The van der Waals surface area contributed by atoms with Gasteiger partial charge in [0.2, 0.25) is 0 Å². The molecule has 0 rings (SSSR count). The Hall–Kier alpha value is 1.39. The number of alkyl halides is 3. The lowest BCUT2D eigenvalue weighted by molar-refractivity contribution is 0.434. The highest BCUT2D eigenvalue weighted by atomic mass is 127. The first kappa shape index (κ1) is 10.4. The summed E-state index contributed by atoms with van der Waals surface area (Å²) in [5.41, 5.74) is 0. The van der Waals surface area contributed by atoms with Crippen molar-refractivity contribution in [3.8, 4) is 0 Å². The van der Waals surface area contributed by atoms with Crippen molar-refractivity contribution in [2.24, 2.45) is 0 Å². The standard InChI is InChI=1S/C6H11FI2/c7-6(9)4-2-1-3-5-8/h6H,1-5H2. The van der Waals surface area contributed by atoms with E-state index in [2.05, 4.69) is 22.6 Å². The number of hydrogen-bond acceptors (Lipinski definition) is 0. The zero-order chi connectivity index (χ0) is 7.11. The van der Waals surface area contributed by atoms with Crippen molar-refractivity contribution >= 4 is 45.2 Å². The van der Waals surface area contributed by atoms with Crippen molar-refractivity contribution in [3.63, 3.8) is 0 Å². The van der Waals surface area contributed by atoms with E-state index in [-0.39, 0.29) is 0 Å². The first-order valence-electron chi connectivity index (χ1n) is 3.11. The molecule has 0 amide bonds. The minimum atomic E-state index is -0.628. The summed E-state index contributed by atoms with van der Waals surface area (Å²) in [5.74, 6) is 0. The highest BCUT2D eigenvalue weighted by molar-refractivity contribution is 14.1. The Morgan fingerprint density at radius 3 is 2.33 bits per heavy atom. The highest BCUT2D eigenvalue weighted by Gasteiger charge is 1.97. The molecule has 0 aliphatic rings. The molecule has 0 saturated heterocycles. The summed E-state index contributed by atoms with van der Waals surface area (Å²) >= 11 is 4.17. The fourth-order valence-electron chi connectivity index (χ4n) is 0.570. The molecule has 0 aromatic carbocycles. The van der Waals surface area contributed by atoms with E-state index in [4.69, 9.17) is 0 Å². The molecule has 0 saturated carbocycles. The minimum Gasteiger partial charge on any atom is -0.236 e. The van der Waals surface area contributed by atoms with Crippen LogP contribution in [0.1, 0.15) is 25.7 Å². The van der Waals surface area contributed by atoms with Crippen LogP contribution in [0.25, 0.3) is 0 Å². The third kappa shape index (κ3) is 9.39. The van der Waals surface area contributed by atoms with Gasteiger partial charge in [-0.3, -0.25) is 0 Å². The maximum Gasteiger partial charge on any atom is 0.151 e. The number of unbranched alkanes of at least 4 members (excludes halogenated alkanes) is 2. The van der Waals surface area contributed by atoms with Crippen molar-refractivity contribution in [1.82, 2.24) is 0 Å². The van der Waals surface area contributed by atoms with Gasteiger partial charge in [0.25, 0.3) is 0 Å². The van der Waals surface area contributed by atoms with E-state index in [1.165, 1.54) is 17.3 Å². The molecular formula is C6H11FI2. The molecule has 0 spiro atoms. The third-order valence-corrected chi connectivity index (χ3v) is 2.44. The zero-order valence-corrected chi connectivity index (χ0v) is 9.56. The monoisotopic (exact) mass is 356 g/mol. The molecule has 0 aromatic rings. The summed E-state index contributed by atoms with van der Waals surface area (Å²) in [6.07, 6.45) is 4.21. The Balaban J connectivity index is 2.75. The number of halogens is 3. The predicted octanol–water partition coefficient (Wildman–Crippen LogP) is 3.71. The van der Waals surface area contributed by atoms with E-state index < -0.39 is 4.18 Å². The van der Waals surface area contributed by atoms with Gasteiger partial charge in [-0.2, -0.15) is 0 Å². The molecule has 9 heavy (non-hydrogen) atoms. The Labute approximate surface area is 83.3 Å². The van der Waals surface area contributed by atoms with Crippen LogP contribution in [0.2, 0.25) is 0 Å². The predicted molar refractivity (Wildman–Crippen MR) is 56.3 cm³/mol. The van der Waals surface area contributed by atoms with E-state index >= 15 is 0 Å². The van der Waals surface area contributed by atoms with Gasteiger partial charge in [0, 0.05) is 0 Å². The summed E-state index contributed by atoms with van der Waals surface area (Å²) in [7, 11) is 0. The van der Waals surface area contributed by atoms with Gasteiger partial charge in [-0.05, 0) is 46.3 Å². The Morgan fingerprint density at radius 1 is 1.22 bits per heavy atom. The molecule has 0 heterocycles. The van der Waals surface area contributed by atoms with Crippen molar-refractivity contribution < 1.29 is 4.39 Å². The lowest BCUT2D eigenvalue weighted by atomic mass is 10.2. The molecule has 0 aromatic heterocycles. The van der Waals surface area contributed by atoms with Crippen LogP contribution in [0.3, 0.4) is 0 Å². The second-order valence-electron chi connectivity index (χ2n) is 1.93. The molecule has 0 N–H and O–H groups in total. The largest absolute Gasteiger partial charge is 0.236 e. The first-order valence-corrected chi connectivity index (χ1v) is 5.88. The van der Waals surface area contributed by atoms with Gasteiger partial charge >= 0.3 is 0 Å². The molecule has 0 aliphatic heterocycles. The van der Waals surface area contributed by atoms with Gasteiger partial charge in [0.1, 0.15) is 0 Å². The van der Waals surface area contributed by atoms with Gasteiger partial charge in [-0.1, -0.05) is 29.0 Å². The Morgan fingerprint density at radius 2 is 1.89 bits per heavy atom. The normalized spacial score (nSPS) is 13.7. The van der Waals surface area contributed by atoms with Crippen molar-refractivity contribution in [2.75, 3.05) is 4.43 Å². The molecule has 3 heteroatoms. The van der Waals surface area contributed by atoms with Crippen molar-refractivity contribution in [2.45, 2.75) is 29.9 Å². The second-order valence-corrected chi connectivity index (χ2v) is 4.36. The van der Waals surface area contributed by atoms with Gasteiger partial charge in [0.15, 0.2) is 4.18 Å². The topological polar surface area (TPSA) is 0 Å². The Bertz CT molecular complexity index is 57.0. The SMILES string of the molecule is FC(I)CCCCCI. The second kappa shape index (κ2) is 7.50. The molecule has 1 unspecified atom stereocenters. The maximum absolute atomic E-state index is 12.1. The maximum atomic E-state index is 12.1. The van der Waals surface area contributed by atoms with Crippen LogP contribution in [0.4, 0.5) is 4.39 Å². The minimum absolute atomic E-state index is 0.628. The summed E-state index contributed by atoms with van der Waals surface area (Å²) < 4.78 is 12.7. The van der Waals surface area contributed by atoms with E-state index in [1.807, 2.05) is 22.6 Å². The van der Waals surface area contributed by atoms with Crippen LogP contribution >= 0.6 is 45.2 Å². The summed E-state index contributed by atoms with van der Waals surface area (Å²) in [4.78, 5) is 0. The molecule has 1 atom stereocenters. The summed E-state index contributed by atoms with van der Waals surface area (Å²) in [5, 5.41) is 0. The number of rotatable bonds is 5. The van der Waals surface area contributed by atoms with Gasteiger partial charge in [0.05, 0.1) is 0 Å². The van der Waals surface area contributed by atoms with E-state index in [9.17, 15) is 4.39 Å². The molecule has 0 fully saturated rings. The van der Waals surface area contributed by atoms with E-state index in [1.54, 1.807) is 0 Å². The van der Waals surface area contributed by atoms with Crippen LogP contribution in [0, 0.1) is 0 Å². The lowest BCUT2D eigenvalue weighted by Crippen LogP contribution is -1.87. The molecule has 0 radical (unpaired) electrons. The molecular weight excluding hydrogens is 345 g/mol. The van der Waals surface area contributed by atoms with Crippen molar-refractivity contribution in [3.05, 3.63) is 0 Å². The van der Waals surface area contributed by atoms with Gasteiger partial charge < -0.3 is 0 Å². The third-order valence-electron chi connectivity index (χ3n) is 1.06. The van der Waals surface area contributed by atoms with Crippen LogP contribution in [-0.4, -0.2) is 8.61 Å². The molecule has 0 nitrogen and oxygen atoms in total. The quantitative estimate of drug-likeness (QED) is 0.400. The van der Waals surface area contributed by atoms with Gasteiger partial charge in [-0.25, -0.2) is 4.39 Å². The highest BCUT2D eigenvalue weighted by Crippen LogP contribution is 2.12.